The summed E-state index contributed by atoms with van der Waals surface area (Å²) in [7, 11) is 0. The molecule has 10 heteroatoms. The number of carboxylic acids is 1. The van der Waals surface area contributed by atoms with Crippen LogP contribution in [0.5, 0.6) is 0 Å². The molecule has 1 atom stereocenters. The number of nitrogens with two attached hydrogens (primary N) is 1. The Bertz CT molecular complexity index is 1240. The van der Waals surface area contributed by atoms with E-state index in [1.54, 1.807) is 18.2 Å². The number of nitriles is 1. The van der Waals surface area contributed by atoms with Crippen LogP contribution in [0.15, 0.2) is 30.6 Å². The second-order valence-corrected chi connectivity index (χ2v) is 6.57. The molecular formula is C19H14N6O4. The fraction of sp³-hybridized carbons (Fsp3) is 0.158. The highest BCUT2D eigenvalue weighted by atomic mass is 16.4. The lowest BCUT2D eigenvalue weighted by Crippen LogP contribution is -2.28. The van der Waals surface area contributed by atoms with Gasteiger partial charge in [-0.15, -0.1) is 0 Å². The fourth-order valence-corrected chi connectivity index (χ4v) is 3.49. The number of primary amides is 1. The summed E-state index contributed by atoms with van der Waals surface area (Å²) >= 11 is 0. The first-order chi connectivity index (χ1) is 13.9. The van der Waals surface area contributed by atoms with Crippen LogP contribution >= 0.6 is 0 Å². The van der Waals surface area contributed by atoms with Crippen LogP contribution in [0.2, 0.25) is 0 Å². The molecule has 1 aromatic carbocycles. The standard InChI is InChI=1S/C19H14N6O4/c20-7-9-1-3-11-10(5-9)2-4-12(11)24-18(27)13-6-14(19(28)29)25-8-22-15(16(21)26)17(25)23-13/h1,3,5-6,8,12H,2,4H2,(H2,21,26)(H,24,27)(H,28,29)/t12-/m0/s1. The van der Waals surface area contributed by atoms with Crippen molar-refractivity contribution in [1.82, 2.24) is 19.7 Å². The molecule has 1 aliphatic rings. The number of hydrogen-bond donors (Lipinski definition) is 3. The van der Waals surface area contributed by atoms with Crippen molar-refractivity contribution in [3.63, 3.8) is 0 Å². The Labute approximate surface area is 163 Å². The smallest absolute Gasteiger partial charge is 0.353 e. The molecule has 29 heavy (non-hydrogen) atoms. The lowest BCUT2D eigenvalue weighted by molar-refractivity contribution is 0.0688. The third-order valence-corrected chi connectivity index (χ3v) is 4.84. The first-order valence-corrected chi connectivity index (χ1v) is 8.64. The molecule has 0 unspecified atom stereocenters. The summed E-state index contributed by atoms with van der Waals surface area (Å²) in [6, 6.07) is 8.18. The van der Waals surface area contributed by atoms with Crippen LogP contribution in [-0.2, 0) is 6.42 Å². The molecule has 4 rings (SSSR count). The van der Waals surface area contributed by atoms with E-state index in [4.69, 9.17) is 11.0 Å². The number of hydrogen-bond acceptors (Lipinski definition) is 6. The van der Waals surface area contributed by atoms with Crippen molar-refractivity contribution in [2.75, 3.05) is 0 Å². The van der Waals surface area contributed by atoms with Crippen LogP contribution in [0.3, 0.4) is 0 Å². The van der Waals surface area contributed by atoms with Crippen LogP contribution in [0, 0.1) is 11.3 Å². The number of carboxylic acid groups (broad SMARTS) is 1. The average Bonchev–Trinajstić information content (AvgIpc) is 3.30. The minimum Gasteiger partial charge on any atom is -0.477 e. The number of aromatic nitrogens is 3. The SMILES string of the molecule is N#Cc1ccc2c(c1)CC[C@@H]2NC(=O)c1cc(C(=O)O)n2cnc(C(N)=O)c2n1. The molecule has 10 nitrogen and oxygen atoms in total. The molecule has 3 aromatic rings. The molecular weight excluding hydrogens is 376 g/mol. The number of rotatable bonds is 4. The maximum atomic E-state index is 12.8. The van der Waals surface area contributed by atoms with Gasteiger partial charge in [-0.25, -0.2) is 14.8 Å². The number of nitrogens with zero attached hydrogens (tertiary/aromatic N) is 4. The molecule has 2 heterocycles. The molecule has 0 spiro atoms. The van der Waals surface area contributed by atoms with E-state index in [1.165, 1.54) is 0 Å². The van der Waals surface area contributed by atoms with E-state index in [0.29, 0.717) is 18.4 Å². The average molecular weight is 390 g/mol. The van der Waals surface area contributed by atoms with Crippen LogP contribution < -0.4 is 11.1 Å². The first kappa shape index (κ1) is 18.1. The first-order valence-electron chi connectivity index (χ1n) is 8.64. The maximum absolute atomic E-state index is 12.8. The van der Waals surface area contributed by atoms with Gasteiger partial charge in [-0.1, -0.05) is 6.07 Å². The van der Waals surface area contributed by atoms with Gasteiger partial charge in [0.2, 0.25) is 0 Å². The quantitative estimate of drug-likeness (QED) is 0.593. The fourth-order valence-electron chi connectivity index (χ4n) is 3.49. The van der Waals surface area contributed by atoms with Gasteiger partial charge in [0.15, 0.2) is 11.3 Å². The van der Waals surface area contributed by atoms with Crippen molar-refractivity contribution < 1.29 is 19.5 Å². The zero-order chi connectivity index (χ0) is 20.7. The topological polar surface area (TPSA) is 163 Å². The van der Waals surface area contributed by atoms with Crippen LogP contribution in [0.25, 0.3) is 5.65 Å². The Morgan fingerprint density at radius 3 is 2.79 bits per heavy atom. The normalized spacial score (nSPS) is 14.9. The summed E-state index contributed by atoms with van der Waals surface area (Å²) in [5.41, 5.74) is 6.93. The van der Waals surface area contributed by atoms with E-state index in [9.17, 15) is 19.5 Å². The second-order valence-electron chi connectivity index (χ2n) is 6.57. The highest BCUT2D eigenvalue weighted by molar-refractivity contribution is 6.00. The summed E-state index contributed by atoms with van der Waals surface area (Å²) in [6.45, 7) is 0. The van der Waals surface area contributed by atoms with Crippen molar-refractivity contribution in [2.45, 2.75) is 18.9 Å². The van der Waals surface area contributed by atoms with Gasteiger partial charge in [-0.05, 0) is 36.1 Å². The third-order valence-electron chi connectivity index (χ3n) is 4.84. The minimum absolute atomic E-state index is 0.104. The van der Waals surface area contributed by atoms with Gasteiger partial charge >= 0.3 is 5.97 Å². The summed E-state index contributed by atoms with van der Waals surface area (Å²) in [5.74, 6) is -2.78. The lowest BCUT2D eigenvalue weighted by atomic mass is 10.1. The highest BCUT2D eigenvalue weighted by Gasteiger charge is 2.26. The maximum Gasteiger partial charge on any atom is 0.353 e. The van der Waals surface area contributed by atoms with Gasteiger partial charge in [-0.3, -0.25) is 14.0 Å². The Morgan fingerprint density at radius 2 is 2.10 bits per heavy atom. The Hall–Kier alpha value is -4.26. The van der Waals surface area contributed by atoms with E-state index in [-0.39, 0.29) is 28.8 Å². The van der Waals surface area contributed by atoms with E-state index >= 15 is 0 Å². The number of imidazole rings is 1. The summed E-state index contributed by atoms with van der Waals surface area (Å²) in [4.78, 5) is 43.8. The molecule has 2 aromatic heterocycles. The van der Waals surface area contributed by atoms with Gasteiger partial charge in [-0.2, -0.15) is 5.26 Å². The number of amides is 2. The second kappa shape index (κ2) is 6.72. The van der Waals surface area contributed by atoms with E-state index in [1.807, 2.05) is 0 Å². The van der Waals surface area contributed by atoms with Gasteiger partial charge in [0.1, 0.15) is 17.7 Å². The van der Waals surface area contributed by atoms with Gasteiger partial charge in [0.25, 0.3) is 11.8 Å². The van der Waals surface area contributed by atoms with E-state index < -0.39 is 17.8 Å². The molecule has 144 valence electrons. The van der Waals surface area contributed by atoms with Crippen LogP contribution in [0.4, 0.5) is 0 Å². The van der Waals surface area contributed by atoms with Crippen molar-refractivity contribution in [3.05, 3.63) is 64.4 Å². The summed E-state index contributed by atoms with van der Waals surface area (Å²) in [6.07, 6.45) is 2.47. The van der Waals surface area contributed by atoms with Crippen LogP contribution in [-0.4, -0.2) is 37.3 Å². The van der Waals surface area contributed by atoms with Gasteiger partial charge in [0.05, 0.1) is 17.7 Å². The van der Waals surface area contributed by atoms with E-state index in [0.717, 1.165) is 27.9 Å². The van der Waals surface area contributed by atoms with Crippen molar-refractivity contribution in [1.29, 1.82) is 5.26 Å². The molecule has 0 saturated heterocycles. The monoisotopic (exact) mass is 390 g/mol. The summed E-state index contributed by atoms with van der Waals surface area (Å²) in [5, 5.41) is 21.3. The molecule has 0 aliphatic heterocycles. The van der Waals surface area contributed by atoms with Gasteiger partial charge in [0, 0.05) is 6.07 Å². The third kappa shape index (κ3) is 3.04. The molecule has 0 bridgehead atoms. The Morgan fingerprint density at radius 1 is 1.31 bits per heavy atom. The number of carbonyl (C=O) groups is 3. The zero-order valence-corrected chi connectivity index (χ0v) is 14.9. The predicted octanol–water partition coefficient (Wildman–Crippen LogP) is 0.815. The highest BCUT2D eigenvalue weighted by Crippen LogP contribution is 2.32. The molecule has 1 aliphatic carbocycles. The largest absolute Gasteiger partial charge is 0.477 e. The molecule has 0 radical (unpaired) electrons. The van der Waals surface area contributed by atoms with Crippen molar-refractivity contribution in [3.8, 4) is 6.07 Å². The van der Waals surface area contributed by atoms with Gasteiger partial charge < -0.3 is 16.2 Å². The number of aromatic carboxylic acids is 1. The molecule has 0 fully saturated rings. The zero-order valence-electron chi connectivity index (χ0n) is 14.9. The van der Waals surface area contributed by atoms with Crippen molar-refractivity contribution in [2.24, 2.45) is 5.73 Å². The lowest BCUT2D eigenvalue weighted by Gasteiger charge is -2.14. The number of nitrogens with one attached hydrogen (secondary N) is 1. The molecule has 0 saturated carbocycles. The molecule has 2 amide bonds. The molecule has 4 N–H and O–H groups in total. The number of fused-ring (bicyclic) bond motifs is 2. The Balaban J connectivity index is 1.70. The summed E-state index contributed by atoms with van der Waals surface area (Å²) < 4.78 is 1.09. The van der Waals surface area contributed by atoms with Crippen molar-refractivity contribution >= 4 is 23.4 Å². The number of benzene rings is 1. The number of aryl methyl sites for hydroxylation is 1. The number of carbonyl (C=O) groups excluding carboxylic acids is 2. The Kier molecular flexibility index (Phi) is 4.20. The minimum atomic E-state index is -1.31. The van der Waals surface area contributed by atoms with E-state index in [2.05, 4.69) is 21.4 Å². The predicted molar refractivity (Wildman–Crippen MR) is 98.1 cm³/mol. The van der Waals surface area contributed by atoms with Crippen LogP contribution in [0.1, 0.15) is 60.6 Å².